The molecule has 0 radical (unpaired) electrons. The molecule has 1 aromatic heterocycles. The Hall–Kier alpha value is -1.95. The van der Waals surface area contributed by atoms with Crippen molar-refractivity contribution in [2.24, 2.45) is 0 Å². The number of hydrogen-bond acceptors (Lipinski definition) is 3. The predicted octanol–water partition coefficient (Wildman–Crippen LogP) is 2.54. The standard InChI is InChI=1S/C12H10F2N2OS/c13-8-1-2-9(14)7(5-8)6-16-12(17)11-10(15)3-4-18-11/h1-5H,6,15H2,(H,16,17). The fourth-order valence-corrected chi connectivity index (χ4v) is 2.17. The van der Waals surface area contributed by atoms with Crippen molar-refractivity contribution >= 4 is 22.9 Å². The number of nitrogens with one attached hydrogen (secondary N) is 1. The highest BCUT2D eigenvalue weighted by molar-refractivity contribution is 7.12. The summed E-state index contributed by atoms with van der Waals surface area (Å²) >= 11 is 1.20. The molecule has 0 saturated carbocycles. The van der Waals surface area contributed by atoms with Gasteiger partial charge in [0, 0.05) is 12.1 Å². The third-order valence-corrected chi connectivity index (χ3v) is 3.28. The number of halogens is 2. The molecular weight excluding hydrogens is 258 g/mol. The molecule has 0 bridgehead atoms. The number of anilines is 1. The van der Waals surface area contributed by atoms with Gasteiger partial charge in [-0.05, 0) is 29.6 Å². The number of benzene rings is 1. The Morgan fingerprint density at radius 3 is 2.78 bits per heavy atom. The molecule has 0 saturated heterocycles. The molecule has 94 valence electrons. The summed E-state index contributed by atoms with van der Waals surface area (Å²) in [5.41, 5.74) is 6.05. The van der Waals surface area contributed by atoms with Crippen molar-refractivity contribution in [3.8, 4) is 0 Å². The van der Waals surface area contributed by atoms with Gasteiger partial charge in [-0.3, -0.25) is 4.79 Å². The molecule has 0 aliphatic heterocycles. The van der Waals surface area contributed by atoms with Gasteiger partial charge in [0.15, 0.2) is 0 Å². The minimum absolute atomic E-state index is 0.0836. The molecule has 2 rings (SSSR count). The van der Waals surface area contributed by atoms with Crippen molar-refractivity contribution in [2.75, 3.05) is 5.73 Å². The Balaban J connectivity index is 2.06. The second-order valence-corrected chi connectivity index (χ2v) is 4.54. The first-order valence-corrected chi connectivity index (χ1v) is 6.01. The predicted molar refractivity (Wildman–Crippen MR) is 66.3 cm³/mol. The van der Waals surface area contributed by atoms with Crippen LogP contribution in [0.25, 0.3) is 0 Å². The van der Waals surface area contributed by atoms with E-state index in [4.69, 9.17) is 5.73 Å². The highest BCUT2D eigenvalue weighted by Gasteiger charge is 2.12. The Kier molecular flexibility index (Phi) is 3.57. The van der Waals surface area contributed by atoms with Crippen LogP contribution in [0.2, 0.25) is 0 Å². The molecule has 1 heterocycles. The maximum Gasteiger partial charge on any atom is 0.263 e. The van der Waals surface area contributed by atoms with Crippen molar-refractivity contribution < 1.29 is 13.6 Å². The zero-order valence-electron chi connectivity index (χ0n) is 9.24. The average Bonchev–Trinajstić information content (AvgIpc) is 2.76. The summed E-state index contributed by atoms with van der Waals surface area (Å²) in [5, 5.41) is 4.18. The highest BCUT2D eigenvalue weighted by Crippen LogP contribution is 2.18. The van der Waals surface area contributed by atoms with E-state index >= 15 is 0 Å². The first-order valence-electron chi connectivity index (χ1n) is 5.13. The van der Waals surface area contributed by atoms with E-state index in [1.54, 1.807) is 11.4 Å². The number of hydrogen-bond donors (Lipinski definition) is 2. The number of carbonyl (C=O) groups excluding carboxylic acids is 1. The third-order valence-electron chi connectivity index (χ3n) is 2.35. The Morgan fingerprint density at radius 1 is 1.33 bits per heavy atom. The zero-order chi connectivity index (χ0) is 13.1. The number of nitrogens with two attached hydrogens (primary N) is 1. The molecule has 3 nitrogen and oxygen atoms in total. The van der Waals surface area contributed by atoms with Crippen molar-refractivity contribution in [1.29, 1.82) is 0 Å². The molecule has 3 N–H and O–H groups in total. The first kappa shape index (κ1) is 12.5. The second-order valence-electron chi connectivity index (χ2n) is 3.62. The number of nitrogen functional groups attached to an aromatic ring is 1. The second kappa shape index (κ2) is 5.14. The minimum Gasteiger partial charge on any atom is -0.397 e. The number of thiophene rings is 1. The molecule has 0 aliphatic rings. The van der Waals surface area contributed by atoms with Crippen molar-refractivity contribution in [3.05, 3.63) is 51.7 Å². The molecule has 0 fully saturated rings. The zero-order valence-corrected chi connectivity index (χ0v) is 10.1. The molecule has 0 aliphatic carbocycles. The van der Waals surface area contributed by atoms with E-state index in [0.29, 0.717) is 10.6 Å². The molecule has 0 unspecified atom stereocenters. The van der Waals surface area contributed by atoms with Crippen molar-refractivity contribution in [1.82, 2.24) is 5.32 Å². The Morgan fingerprint density at radius 2 is 2.11 bits per heavy atom. The number of rotatable bonds is 3. The summed E-state index contributed by atoms with van der Waals surface area (Å²) in [5.74, 6) is -1.50. The van der Waals surface area contributed by atoms with Crippen LogP contribution in [0.15, 0.2) is 29.6 Å². The van der Waals surface area contributed by atoms with Crippen molar-refractivity contribution in [3.63, 3.8) is 0 Å². The molecule has 1 amide bonds. The molecule has 6 heteroatoms. The SMILES string of the molecule is Nc1ccsc1C(=O)NCc1cc(F)ccc1F. The van der Waals surface area contributed by atoms with E-state index < -0.39 is 17.5 Å². The summed E-state index contributed by atoms with van der Waals surface area (Å²) in [6, 6.07) is 4.71. The average molecular weight is 268 g/mol. The van der Waals surface area contributed by atoms with Crippen LogP contribution < -0.4 is 11.1 Å². The molecule has 0 spiro atoms. The quantitative estimate of drug-likeness (QED) is 0.898. The van der Waals surface area contributed by atoms with Crippen LogP contribution in [0.1, 0.15) is 15.2 Å². The van der Waals surface area contributed by atoms with Gasteiger partial charge in [-0.15, -0.1) is 11.3 Å². The van der Waals surface area contributed by atoms with Gasteiger partial charge in [0.1, 0.15) is 16.5 Å². The molecule has 18 heavy (non-hydrogen) atoms. The largest absolute Gasteiger partial charge is 0.397 e. The van der Waals surface area contributed by atoms with Gasteiger partial charge in [0.25, 0.3) is 5.91 Å². The van der Waals surface area contributed by atoms with E-state index in [2.05, 4.69) is 5.32 Å². The van der Waals surface area contributed by atoms with E-state index in [9.17, 15) is 13.6 Å². The van der Waals surface area contributed by atoms with Crippen LogP contribution in [0.5, 0.6) is 0 Å². The fourth-order valence-electron chi connectivity index (χ4n) is 1.44. The lowest BCUT2D eigenvalue weighted by molar-refractivity contribution is 0.0955. The van der Waals surface area contributed by atoms with Crippen LogP contribution in [0.3, 0.4) is 0 Å². The van der Waals surface area contributed by atoms with Gasteiger partial charge in [0.2, 0.25) is 0 Å². The first-order chi connectivity index (χ1) is 8.58. The van der Waals surface area contributed by atoms with Crippen LogP contribution in [0, 0.1) is 11.6 Å². The van der Waals surface area contributed by atoms with Gasteiger partial charge >= 0.3 is 0 Å². The number of amides is 1. The fraction of sp³-hybridized carbons (Fsp3) is 0.0833. The maximum atomic E-state index is 13.3. The maximum absolute atomic E-state index is 13.3. The van der Waals surface area contributed by atoms with Gasteiger partial charge in [-0.1, -0.05) is 0 Å². The normalized spacial score (nSPS) is 10.3. The molecular formula is C12H10F2N2OS. The summed E-state index contributed by atoms with van der Waals surface area (Å²) in [6.45, 7) is -0.0836. The third kappa shape index (κ3) is 2.65. The molecule has 0 atom stereocenters. The monoisotopic (exact) mass is 268 g/mol. The van der Waals surface area contributed by atoms with Crippen LogP contribution in [-0.4, -0.2) is 5.91 Å². The number of carbonyl (C=O) groups is 1. The van der Waals surface area contributed by atoms with Gasteiger partial charge in [-0.25, -0.2) is 8.78 Å². The van der Waals surface area contributed by atoms with E-state index in [0.717, 1.165) is 18.2 Å². The van der Waals surface area contributed by atoms with Gasteiger partial charge < -0.3 is 11.1 Å². The van der Waals surface area contributed by atoms with E-state index in [-0.39, 0.29) is 12.1 Å². The molecule has 2 aromatic rings. The van der Waals surface area contributed by atoms with E-state index in [1.807, 2.05) is 0 Å². The lowest BCUT2D eigenvalue weighted by Gasteiger charge is -2.06. The van der Waals surface area contributed by atoms with Crippen LogP contribution in [-0.2, 0) is 6.54 Å². The van der Waals surface area contributed by atoms with Crippen LogP contribution >= 0.6 is 11.3 Å². The summed E-state index contributed by atoms with van der Waals surface area (Å²) < 4.78 is 26.2. The Labute approximate surface area is 106 Å². The van der Waals surface area contributed by atoms with Gasteiger partial charge in [0.05, 0.1) is 5.69 Å². The molecule has 1 aromatic carbocycles. The van der Waals surface area contributed by atoms with Crippen LogP contribution in [0.4, 0.5) is 14.5 Å². The Bertz CT molecular complexity index is 583. The lowest BCUT2D eigenvalue weighted by Crippen LogP contribution is -2.23. The summed E-state index contributed by atoms with van der Waals surface area (Å²) in [4.78, 5) is 12.1. The summed E-state index contributed by atoms with van der Waals surface area (Å²) in [6.07, 6.45) is 0. The van der Waals surface area contributed by atoms with Gasteiger partial charge in [-0.2, -0.15) is 0 Å². The summed E-state index contributed by atoms with van der Waals surface area (Å²) in [7, 11) is 0. The minimum atomic E-state index is -0.559. The van der Waals surface area contributed by atoms with E-state index in [1.165, 1.54) is 11.3 Å². The topological polar surface area (TPSA) is 55.1 Å². The lowest BCUT2D eigenvalue weighted by atomic mass is 10.2. The highest BCUT2D eigenvalue weighted by atomic mass is 32.1. The smallest absolute Gasteiger partial charge is 0.263 e. The van der Waals surface area contributed by atoms with Crippen molar-refractivity contribution in [2.45, 2.75) is 6.54 Å².